The van der Waals surface area contributed by atoms with Gasteiger partial charge in [-0.25, -0.2) is 4.98 Å². The van der Waals surface area contributed by atoms with Crippen LogP contribution in [0.15, 0.2) is 48.1 Å². The molecular formula is C18H16N2S. The number of aromatic nitrogens is 2. The van der Waals surface area contributed by atoms with Gasteiger partial charge in [0, 0.05) is 28.9 Å². The van der Waals surface area contributed by atoms with Gasteiger partial charge in [-0.3, -0.25) is 4.98 Å². The molecule has 0 atom stereocenters. The van der Waals surface area contributed by atoms with E-state index in [1.165, 1.54) is 35.1 Å². The molecule has 3 heteroatoms. The van der Waals surface area contributed by atoms with Crippen molar-refractivity contribution in [3.8, 4) is 21.8 Å². The Labute approximate surface area is 128 Å². The Morgan fingerprint density at radius 3 is 2.67 bits per heavy atom. The molecule has 2 nitrogen and oxygen atoms in total. The lowest BCUT2D eigenvalue weighted by Gasteiger charge is -2.04. The zero-order valence-corrected chi connectivity index (χ0v) is 12.7. The van der Waals surface area contributed by atoms with E-state index in [1.54, 1.807) is 11.3 Å². The van der Waals surface area contributed by atoms with Gasteiger partial charge in [0.05, 0.1) is 5.69 Å². The molecule has 1 aliphatic carbocycles. The first-order chi connectivity index (χ1) is 10.3. The molecule has 0 aliphatic heterocycles. The fraction of sp³-hybridized carbons (Fsp3) is 0.222. The zero-order valence-electron chi connectivity index (χ0n) is 11.9. The zero-order chi connectivity index (χ0) is 14.2. The van der Waals surface area contributed by atoms with Crippen LogP contribution in [0, 0.1) is 6.92 Å². The second-order valence-electron chi connectivity index (χ2n) is 5.64. The van der Waals surface area contributed by atoms with E-state index < -0.39 is 0 Å². The number of rotatable bonds is 3. The molecule has 1 aromatic carbocycles. The molecule has 2 aromatic heterocycles. The highest BCUT2D eigenvalue weighted by molar-refractivity contribution is 7.13. The summed E-state index contributed by atoms with van der Waals surface area (Å²) in [6, 6.07) is 10.7. The molecule has 0 bridgehead atoms. The Balaban J connectivity index is 1.73. The third kappa shape index (κ3) is 2.49. The normalized spacial score (nSPS) is 14.3. The first-order valence-corrected chi connectivity index (χ1v) is 8.16. The Bertz CT molecular complexity index is 770. The Morgan fingerprint density at radius 2 is 1.90 bits per heavy atom. The largest absolute Gasteiger partial charge is 0.264 e. The molecule has 104 valence electrons. The molecule has 4 rings (SSSR count). The maximum absolute atomic E-state index is 4.83. The van der Waals surface area contributed by atoms with E-state index in [0.29, 0.717) is 0 Å². The van der Waals surface area contributed by atoms with Crippen LogP contribution in [-0.4, -0.2) is 9.97 Å². The van der Waals surface area contributed by atoms with Crippen LogP contribution in [-0.2, 0) is 0 Å². The molecule has 1 saturated carbocycles. The molecule has 0 radical (unpaired) electrons. The number of hydrogen-bond acceptors (Lipinski definition) is 3. The van der Waals surface area contributed by atoms with Crippen molar-refractivity contribution < 1.29 is 0 Å². The molecule has 0 N–H and O–H groups in total. The Hall–Kier alpha value is -2.00. The third-order valence-corrected chi connectivity index (χ3v) is 4.83. The van der Waals surface area contributed by atoms with Crippen LogP contribution in [0.5, 0.6) is 0 Å². The second-order valence-corrected chi connectivity index (χ2v) is 6.50. The summed E-state index contributed by atoms with van der Waals surface area (Å²) in [6.07, 6.45) is 6.46. The number of pyridine rings is 1. The summed E-state index contributed by atoms with van der Waals surface area (Å²) in [7, 11) is 0. The predicted octanol–water partition coefficient (Wildman–Crippen LogP) is 5.06. The minimum absolute atomic E-state index is 0.717. The van der Waals surface area contributed by atoms with Crippen molar-refractivity contribution in [3.05, 3.63) is 59.2 Å². The first kappa shape index (κ1) is 12.7. The molecule has 3 aromatic rings. The minimum atomic E-state index is 0.717. The Kier molecular flexibility index (Phi) is 3.08. The summed E-state index contributed by atoms with van der Waals surface area (Å²) < 4.78 is 0. The summed E-state index contributed by atoms with van der Waals surface area (Å²) in [5.74, 6) is 0.717. The monoisotopic (exact) mass is 292 g/mol. The SMILES string of the molecule is Cc1ccc(-c2csc(-c3cnccc3C3CC3)n2)cc1. The van der Waals surface area contributed by atoms with Gasteiger partial charge in [0.2, 0.25) is 0 Å². The second kappa shape index (κ2) is 5.08. The lowest BCUT2D eigenvalue weighted by molar-refractivity contribution is 1.11. The molecule has 0 unspecified atom stereocenters. The van der Waals surface area contributed by atoms with E-state index in [2.05, 4.69) is 47.6 Å². The molecule has 0 saturated heterocycles. The van der Waals surface area contributed by atoms with Gasteiger partial charge in [-0.05, 0) is 37.3 Å². The standard InChI is InChI=1S/C18H16N2S/c1-12-2-4-14(5-3-12)17-11-21-18(20-17)16-10-19-9-8-15(16)13-6-7-13/h2-5,8-11,13H,6-7H2,1H3. The molecule has 1 fully saturated rings. The quantitative estimate of drug-likeness (QED) is 0.674. The highest BCUT2D eigenvalue weighted by Crippen LogP contribution is 2.44. The van der Waals surface area contributed by atoms with Gasteiger partial charge in [-0.15, -0.1) is 11.3 Å². The summed E-state index contributed by atoms with van der Waals surface area (Å²) >= 11 is 1.71. The van der Waals surface area contributed by atoms with E-state index in [1.807, 2.05) is 12.4 Å². The molecule has 2 heterocycles. The lowest BCUT2D eigenvalue weighted by atomic mass is 10.1. The lowest BCUT2D eigenvalue weighted by Crippen LogP contribution is -1.88. The fourth-order valence-electron chi connectivity index (χ4n) is 2.59. The predicted molar refractivity (Wildman–Crippen MR) is 87.5 cm³/mol. The van der Waals surface area contributed by atoms with Crippen LogP contribution in [0.25, 0.3) is 21.8 Å². The van der Waals surface area contributed by atoms with Crippen LogP contribution in [0.3, 0.4) is 0 Å². The summed E-state index contributed by atoms with van der Waals surface area (Å²) in [5, 5.41) is 3.23. The average Bonchev–Trinajstić information content (AvgIpc) is 3.25. The van der Waals surface area contributed by atoms with Crippen LogP contribution in [0.1, 0.15) is 29.9 Å². The van der Waals surface area contributed by atoms with Crippen molar-refractivity contribution in [2.75, 3.05) is 0 Å². The van der Waals surface area contributed by atoms with Gasteiger partial charge in [0.25, 0.3) is 0 Å². The van der Waals surface area contributed by atoms with Crippen molar-refractivity contribution in [2.45, 2.75) is 25.7 Å². The van der Waals surface area contributed by atoms with Crippen LogP contribution in [0.4, 0.5) is 0 Å². The highest BCUT2D eigenvalue weighted by Gasteiger charge is 2.27. The van der Waals surface area contributed by atoms with Crippen molar-refractivity contribution in [2.24, 2.45) is 0 Å². The van der Waals surface area contributed by atoms with Crippen molar-refractivity contribution >= 4 is 11.3 Å². The van der Waals surface area contributed by atoms with Crippen molar-refractivity contribution in [1.82, 2.24) is 9.97 Å². The summed E-state index contributed by atoms with van der Waals surface area (Å²) in [6.45, 7) is 2.10. The van der Waals surface area contributed by atoms with Gasteiger partial charge < -0.3 is 0 Å². The van der Waals surface area contributed by atoms with Gasteiger partial charge in [0.15, 0.2) is 0 Å². The van der Waals surface area contributed by atoms with Gasteiger partial charge >= 0.3 is 0 Å². The van der Waals surface area contributed by atoms with Crippen LogP contribution in [0.2, 0.25) is 0 Å². The number of aryl methyl sites for hydroxylation is 1. The Morgan fingerprint density at radius 1 is 1.10 bits per heavy atom. The van der Waals surface area contributed by atoms with Gasteiger partial charge in [-0.1, -0.05) is 29.8 Å². The van der Waals surface area contributed by atoms with E-state index in [4.69, 9.17) is 4.98 Å². The topological polar surface area (TPSA) is 25.8 Å². The number of hydrogen-bond donors (Lipinski definition) is 0. The maximum Gasteiger partial charge on any atom is 0.125 e. The maximum atomic E-state index is 4.83. The molecule has 21 heavy (non-hydrogen) atoms. The third-order valence-electron chi connectivity index (χ3n) is 3.95. The number of benzene rings is 1. The molecule has 1 aliphatic rings. The van der Waals surface area contributed by atoms with Crippen molar-refractivity contribution in [1.29, 1.82) is 0 Å². The van der Waals surface area contributed by atoms with Crippen LogP contribution < -0.4 is 0 Å². The van der Waals surface area contributed by atoms with E-state index in [9.17, 15) is 0 Å². The van der Waals surface area contributed by atoms with E-state index in [-0.39, 0.29) is 0 Å². The van der Waals surface area contributed by atoms with Gasteiger partial charge in [0.1, 0.15) is 5.01 Å². The van der Waals surface area contributed by atoms with E-state index in [0.717, 1.165) is 16.6 Å². The molecule has 0 spiro atoms. The highest BCUT2D eigenvalue weighted by atomic mass is 32.1. The van der Waals surface area contributed by atoms with Gasteiger partial charge in [-0.2, -0.15) is 0 Å². The summed E-state index contributed by atoms with van der Waals surface area (Å²) in [5.41, 5.74) is 6.14. The average molecular weight is 292 g/mol. The molecular weight excluding hydrogens is 276 g/mol. The first-order valence-electron chi connectivity index (χ1n) is 7.28. The van der Waals surface area contributed by atoms with Crippen molar-refractivity contribution in [3.63, 3.8) is 0 Å². The minimum Gasteiger partial charge on any atom is -0.264 e. The fourth-order valence-corrected chi connectivity index (χ4v) is 3.45. The van der Waals surface area contributed by atoms with Crippen LogP contribution >= 0.6 is 11.3 Å². The smallest absolute Gasteiger partial charge is 0.125 e. The number of thiazole rings is 1. The number of nitrogens with zero attached hydrogens (tertiary/aromatic N) is 2. The van der Waals surface area contributed by atoms with E-state index >= 15 is 0 Å². The molecule has 0 amide bonds. The summed E-state index contributed by atoms with van der Waals surface area (Å²) in [4.78, 5) is 9.12.